The molecule has 0 aliphatic carbocycles. The van der Waals surface area contributed by atoms with Gasteiger partial charge in [-0.25, -0.2) is 4.79 Å². The van der Waals surface area contributed by atoms with E-state index in [9.17, 15) is 15.0 Å². The van der Waals surface area contributed by atoms with Crippen LogP contribution in [0.2, 0.25) is 0 Å². The monoisotopic (exact) mass is 475 g/mol. The van der Waals surface area contributed by atoms with Crippen molar-refractivity contribution >= 4 is 34.8 Å². The summed E-state index contributed by atoms with van der Waals surface area (Å²) in [5, 5.41) is 22.7. The summed E-state index contributed by atoms with van der Waals surface area (Å²) in [7, 11) is 0. The number of cyclic esters (lactones) is 1. The standard InChI is InChI=1S/C25H33NO4S2/c1-15(2)25(11-10-16-6-8-17(26)9-7-16)12-18(28)22(23(29)30-25)32-20-14-31-19(13-27)21(20)24(3,4)5/h6-9,14-15,27-28H,10-13,26H2,1-5H3. The lowest BCUT2D eigenvalue weighted by Crippen LogP contribution is -2.44. The lowest BCUT2D eigenvalue weighted by atomic mass is 9.80. The molecule has 1 aromatic carbocycles. The average molecular weight is 476 g/mol. The van der Waals surface area contributed by atoms with Crippen LogP contribution < -0.4 is 5.73 Å². The summed E-state index contributed by atoms with van der Waals surface area (Å²) in [6.07, 6.45) is 1.62. The lowest BCUT2D eigenvalue weighted by molar-refractivity contribution is -0.164. The molecule has 174 valence electrons. The van der Waals surface area contributed by atoms with E-state index in [0.29, 0.717) is 12.1 Å². The molecule has 1 aliphatic rings. The number of aliphatic hydroxyl groups is 2. The fourth-order valence-electron chi connectivity index (χ4n) is 4.11. The minimum absolute atomic E-state index is 0.0428. The summed E-state index contributed by atoms with van der Waals surface area (Å²) in [5.41, 5.74) is 7.66. The van der Waals surface area contributed by atoms with Gasteiger partial charge in [0.25, 0.3) is 0 Å². The maximum absolute atomic E-state index is 13.1. The second-order valence-corrected chi connectivity index (χ2v) is 11.7. The molecule has 0 spiro atoms. The number of benzene rings is 1. The maximum Gasteiger partial charge on any atom is 0.349 e. The van der Waals surface area contributed by atoms with Crippen molar-refractivity contribution in [3.63, 3.8) is 0 Å². The summed E-state index contributed by atoms with van der Waals surface area (Å²) in [6, 6.07) is 7.69. The van der Waals surface area contributed by atoms with Crippen molar-refractivity contribution in [3.8, 4) is 0 Å². The molecule has 0 radical (unpaired) electrons. The minimum atomic E-state index is -0.760. The highest BCUT2D eigenvalue weighted by atomic mass is 32.2. The van der Waals surface area contributed by atoms with E-state index >= 15 is 0 Å². The number of thiophene rings is 1. The average Bonchev–Trinajstić information content (AvgIpc) is 3.13. The van der Waals surface area contributed by atoms with E-state index in [1.807, 2.05) is 43.5 Å². The maximum atomic E-state index is 13.1. The van der Waals surface area contributed by atoms with Gasteiger partial charge in [-0.05, 0) is 47.4 Å². The van der Waals surface area contributed by atoms with E-state index in [4.69, 9.17) is 10.5 Å². The molecule has 4 N–H and O–H groups in total. The molecular formula is C25H33NO4S2. The van der Waals surface area contributed by atoms with Gasteiger partial charge in [-0.3, -0.25) is 0 Å². The molecule has 1 aliphatic heterocycles. The fraction of sp³-hybridized carbons (Fsp3) is 0.480. The van der Waals surface area contributed by atoms with Crippen molar-refractivity contribution in [3.05, 3.63) is 56.3 Å². The molecule has 0 saturated carbocycles. The van der Waals surface area contributed by atoms with Gasteiger partial charge >= 0.3 is 5.97 Å². The molecule has 0 fully saturated rings. The van der Waals surface area contributed by atoms with Gasteiger partial charge in [0.05, 0.1) is 6.61 Å². The Morgan fingerprint density at radius 3 is 2.44 bits per heavy atom. The number of anilines is 1. The Bertz CT molecular complexity index is 1000. The van der Waals surface area contributed by atoms with Gasteiger partial charge in [0.15, 0.2) is 0 Å². The van der Waals surface area contributed by atoms with E-state index in [0.717, 1.165) is 27.3 Å². The first-order chi connectivity index (χ1) is 15.0. The van der Waals surface area contributed by atoms with Gasteiger partial charge in [0.2, 0.25) is 0 Å². The van der Waals surface area contributed by atoms with Crippen molar-refractivity contribution < 1.29 is 19.7 Å². The molecular weight excluding hydrogens is 442 g/mol. The van der Waals surface area contributed by atoms with Gasteiger partial charge in [-0.15, -0.1) is 11.3 Å². The zero-order valence-corrected chi connectivity index (χ0v) is 21.0. The Balaban J connectivity index is 1.86. The number of carbonyl (C=O) groups is 1. The first kappa shape index (κ1) is 24.7. The fourth-order valence-corrected chi connectivity index (χ4v) is 6.55. The van der Waals surface area contributed by atoms with Gasteiger partial charge in [0, 0.05) is 27.3 Å². The summed E-state index contributed by atoms with van der Waals surface area (Å²) in [5.74, 6) is -0.364. The topological polar surface area (TPSA) is 92.8 Å². The number of esters is 1. The number of aliphatic hydroxyl groups excluding tert-OH is 2. The molecule has 7 heteroatoms. The van der Waals surface area contributed by atoms with Crippen molar-refractivity contribution in [2.45, 2.75) is 76.4 Å². The largest absolute Gasteiger partial charge is 0.511 e. The quantitative estimate of drug-likeness (QED) is 0.338. The molecule has 5 nitrogen and oxygen atoms in total. The summed E-state index contributed by atoms with van der Waals surface area (Å²) in [4.78, 5) is 15.1. The van der Waals surface area contributed by atoms with E-state index in [1.165, 1.54) is 23.1 Å². The first-order valence-corrected chi connectivity index (χ1v) is 12.6. The van der Waals surface area contributed by atoms with Crippen molar-refractivity contribution in [1.82, 2.24) is 0 Å². The van der Waals surface area contributed by atoms with E-state index < -0.39 is 11.6 Å². The van der Waals surface area contributed by atoms with Crippen LogP contribution in [-0.4, -0.2) is 21.8 Å². The smallest absolute Gasteiger partial charge is 0.349 e. The van der Waals surface area contributed by atoms with Crippen molar-refractivity contribution in [2.24, 2.45) is 5.92 Å². The van der Waals surface area contributed by atoms with E-state index in [1.54, 1.807) is 0 Å². The third-order valence-corrected chi connectivity index (χ3v) is 8.29. The molecule has 0 amide bonds. The minimum Gasteiger partial charge on any atom is -0.511 e. The van der Waals surface area contributed by atoms with Crippen LogP contribution in [0, 0.1) is 5.92 Å². The van der Waals surface area contributed by atoms with Crippen LogP contribution in [-0.2, 0) is 28.0 Å². The first-order valence-electron chi connectivity index (χ1n) is 10.9. The van der Waals surface area contributed by atoms with Gasteiger partial charge in [-0.2, -0.15) is 0 Å². The number of ether oxygens (including phenoxy) is 1. The Morgan fingerprint density at radius 2 is 1.91 bits per heavy atom. The van der Waals surface area contributed by atoms with Crippen LogP contribution in [0.4, 0.5) is 5.69 Å². The Morgan fingerprint density at radius 1 is 1.25 bits per heavy atom. The Kier molecular flexibility index (Phi) is 7.32. The van der Waals surface area contributed by atoms with Crippen molar-refractivity contribution in [1.29, 1.82) is 0 Å². The zero-order valence-electron chi connectivity index (χ0n) is 19.4. The number of carbonyl (C=O) groups excluding carboxylic acids is 1. The number of thioether (sulfide) groups is 1. The number of hydrogen-bond donors (Lipinski definition) is 3. The second kappa shape index (κ2) is 9.49. The molecule has 1 unspecified atom stereocenters. The van der Waals surface area contributed by atoms with Crippen LogP contribution in [0.3, 0.4) is 0 Å². The summed E-state index contributed by atoms with van der Waals surface area (Å²) >= 11 is 2.71. The van der Waals surface area contributed by atoms with Crippen molar-refractivity contribution in [2.75, 3.05) is 5.73 Å². The van der Waals surface area contributed by atoms with Gasteiger partial charge in [0.1, 0.15) is 16.3 Å². The number of aryl methyl sites for hydroxylation is 1. The number of rotatable bonds is 7. The van der Waals surface area contributed by atoms with Gasteiger partial charge < -0.3 is 20.7 Å². The predicted molar refractivity (Wildman–Crippen MR) is 132 cm³/mol. The van der Waals surface area contributed by atoms with Crippen LogP contribution in [0.1, 0.15) is 63.5 Å². The van der Waals surface area contributed by atoms with Crippen LogP contribution in [0.15, 0.2) is 45.2 Å². The molecule has 1 aromatic heterocycles. The van der Waals surface area contributed by atoms with Crippen LogP contribution in [0.25, 0.3) is 0 Å². The molecule has 2 heterocycles. The highest BCUT2D eigenvalue weighted by Crippen LogP contribution is 2.47. The summed E-state index contributed by atoms with van der Waals surface area (Å²) in [6.45, 7) is 10.2. The predicted octanol–water partition coefficient (Wildman–Crippen LogP) is 5.96. The van der Waals surface area contributed by atoms with Gasteiger partial charge in [-0.1, -0.05) is 58.5 Å². The third kappa shape index (κ3) is 5.16. The van der Waals surface area contributed by atoms with Crippen LogP contribution >= 0.6 is 23.1 Å². The molecule has 0 saturated heterocycles. The van der Waals surface area contributed by atoms with E-state index in [2.05, 4.69) is 20.8 Å². The second-order valence-electron chi connectivity index (χ2n) is 9.71. The molecule has 3 rings (SSSR count). The number of hydrogen-bond acceptors (Lipinski definition) is 7. The molecule has 2 aromatic rings. The lowest BCUT2D eigenvalue weighted by Gasteiger charge is -2.40. The normalized spacial score (nSPS) is 19.5. The van der Waals surface area contributed by atoms with Crippen LogP contribution in [0.5, 0.6) is 0 Å². The highest BCUT2D eigenvalue weighted by molar-refractivity contribution is 8.04. The highest BCUT2D eigenvalue weighted by Gasteiger charge is 2.44. The SMILES string of the molecule is CC(C)C1(CCc2ccc(N)cc2)CC(O)=C(Sc2csc(CO)c2C(C)(C)C)C(=O)O1. The Labute approximate surface area is 198 Å². The number of nitrogens with two attached hydrogens (primary N) is 1. The third-order valence-electron chi connectivity index (χ3n) is 6.02. The molecule has 0 bridgehead atoms. The Hall–Kier alpha value is -1.96. The molecule has 32 heavy (non-hydrogen) atoms. The van der Waals surface area contributed by atoms with E-state index in [-0.39, 0.29) is 35.0 Å². The molecule has 1 atom stereocenters. The summed E-state index contributed by atoms with van der Waals surface area (Å²) < 4.78 is 6.05. The zero-order chi connectivity index (χ0) is 23.7. The number of nitrogen functional groups attached to an aromatic ring is 1.